The third-order valence-corrected chi connectivity index (χ3v) is 4.18. The molecule has 0 heterocycles. The number of ether oxygens (including phenoxy) is 1. The normalized spacial score (nSPS) is 12.2. The van der Waals surface area contributed by atoms with Crippen LogP contribution < -0.4 is 4.74 Å². The number of hydrogen-bond acceptors (Lipinski definition) is 1. The molecule has 2 aromatic rings. The van der Waals surface area contributed by atoms with Gasteiger partial charge in [0.2, 0.25) is 0 Å². The van der Waals surface area contributed by atoms with Crippen LogP contribution in [0.5, 0.6) is 5.75 Å². The Morgan fingerprint density at radius 1 is 1.00 bits per heavy atom. The zero-order valence-electron chi connectivity index (χ0n) is 11.4. The maximum atomic E-state index is 5.42. The smallest absolute Gasteiger partial charge is 0.122 e. The summed E-state index contributed by atoms with van der Waals surface area (Å²) in [5.41, 5.74) is 4.01. The van der Waals surface area contributed by atoms with Gasteiger partial charge in [0.25, 0.3) is 0 Å². The first-order valence-electron chi connectivity index (χ1n) is 6.60. The molecular weight excluding hydrogens is 300 g/mol. The fraction of sp³-hybridized carbons (Fsp3) is 0.294. The monoisotopic (exact) mass is 318 g/mol. The molecule has 100 valence electrons. The molecule has 0 spiro atoms. The van der Waals surface area contributed by atoms with E-state index in [-0.39, 0.29) is 0 Å². The van der Waals surface area contributed by atoms with Crippen molar-refractivity contribution in [3.63, 3.8) is 0 Å². The van der Waals surface area contributed by atoms with Gasteiger partial charge in [0, 0.05) is 4.83 Å². The predicted octanol–water partition coefficient (Wildman–Crippen LogP) is 4.94. The molecule has 0 amide bonds. The van der Waals surface area contributed by atoms with Gasteiger partial charge in [-0.2, -0.15) is 0 Å². The van der Waals surface area contributed by atoms with E-state index in [1.54, 1.807) is 7.11 Å². The molecule has 1 atom stereocenters. The molecule has 0 fully saturated rings. The van der Waals surface area contributed by atoms with Gasteiger partial charge in [-0.25, -0.2) is 0 Å². The van der Waals surface area contributed by atoms with Crippen molar-refractivity contribution in [3.8, 4) is 5.75 Å². The second-order valence-electron chi connectivity index (χ2n) is 4.54. The number of benzene rings is 2. The van der Waals surface area contributed by atoms with Crippen LogP contribution in [0.25, 0.3) is 0 Å². The molecule has 0 N–H and O–H groups in total. The Kier molecular flexibility index (Phi) is 5.03. The van der Waals surface area contributed by atoms with Gasteiger partial charge in [0.05, 0.1) is 7.11 Å². The fourth-order valence-corrected chi connectivity index (χ4v) is 3.13. The van der Waals surface area contributed by atoms with Gasteiger partial charge in [-0.15, -0.1) is 0 Å². The van der Waals surface area contributed by atoms with Gasteiger partial charge in [-0.1, -0.05) is 65.3 Å². The Balaban J connectivity index is 2.23. The van der Waals surface area contributed by atoms with E-state index in [0.717, 1.165) is 18.6 Å². The van der Waals surface area contributed by atoms with Gasteiger partial charge in [-0.3, -0.25) is 0 Å². The molecule has 0 aliphatic carbocycles. The molecular formula is C17H19BrO. The summed E-state index contributed by atoms with van der Waals surface area (Å²) in [6.07, 6.45) is 1.99. The lowest BCUT2D eigenvalue weighted by atomic mass is 9.98. The highest BCUT2D eigenvalue weighted by atomic mass is 79.9. The van der Waals surface area contributed by atoms with E-state index in [1.807, 2.05) is 12.1 Å². The summed E-state index contributed by atoms with van der Waals surface area (Å²) in [5.74, 6) is 0.959. The van der Waals surface area contributed by atoms with Crippen LogP contribution in [0.1, 0.15) is 28.4 Å². The van der Waals surface area contributed by atoms with Gasteiger partial charge in [0.1, 0.15) is 5.75 Å². The highest BCUT2D eigenvalue weighted by Gasteiger charge is 2.13. The van der Waals surface area contributed by atoms with E-state index in [4.69, 9.17) is 4.74 Å². The topological polar surface area (TPSA) is 9.23 Å². The predicted molar refractivity (Wildman–Crippen MR) is 84.2 cm³/mol. The average Bonchev–Trinajstić information content (AvgIpc) is 2.47. The van der Waals surface area contributed by atoms with Crippen LogP contribution in [0.3, 0.4) is 0 Å². The molecule has 0 saturated carbocycles. The highest BCUT2D eigenvalue weighted by Crippen LogP contribution is 2.32. The number of methoxy groups -OCH3 is 1. The van der Waals surface area contributed by atoms with Crippen molar-refractivity contribution in [2.24, 2.45) is 0 Å². The van der Waals surface area contributed by atoms with Crippen LogP contribution in [0.2, 0.25) is 0 Å². The molecule has 0 radical (unpaired) electrons. The van der Waals surface area contributed by atoms with Crippen molar-refractivity contribution in [3.05, 3.63) is 65.2 Å². The van der Waals surface area contributed by atoms with E-state index < -0.39 is 0 Å². The molecule has 1 unspecified atom stereocenters. The van der Waals surface area contributed by atoms with Gasteiger partial charge < -0.3 is 4.74 Å². The first-order chi connectivity index (χ1) is 9.26. The van der Waals surface area contributed by atoms with Crippen LogP contribution in [0.15, 0.2) is 48.5 Å². The Morgan fingerprint density at radius 3 is 2.32 bits per heavy atom. The lowest BCUT2D eigenvalue weighted by molar-refractivity contribution is 0.409. The molecule has 0 aliphatic heterocycles. The minimum Gasteiger partial charge on any atom is -0.496 e. The van der Waals surface area contributed by atoms with Gasteiger partial charge >= 0.3 is 0 Å². The number of rotatable bonds is 5. The summed E-state index contributed by atoms with van der Waals surface area (Å²) >= 11 is 3.82. The Morgan fingerprint density at radius 2 is 1.63 bits per heavy atom. The largest absolute Gasteiger partial charge is 0.496 e. The zero-order valence-corrected chi connectivity index (χ0v) is 13.0. The Hall–Kier alpha value is -1.28. The molecule has 0 aromatic heterocycles. The Bertz CT molecular complexity index is 536. The van der Waals surface area contributed by atoms with E-state index in [0.29, 0.717) is 4.83 Å². The number of hydrogen-bond donors (Lipinski definition) is 0. The summed E-state index contributed by atoms with van der Waals surface area (Å²) in [7, 11) is 1.72. The van der Waals surface area contributed by atoms with Crippen molar-refractivity contribution in [2.75, 3.05) is 7.11 Å². The highest BCUT2D eigenvalue weighted by molar-refractivity contribution is 9.09. The lowest BCUT2D eigenvalue weighted by Crippen LogP contribution is -2.01. The second kappa shape index (κ2) is 6.76. The van der Waals surface area contributed by atoms with Crippen LogP contribution in [-0.2, 0) is 12.8 Å². The van der Waals surface area contributed by atoms with Crippen LogP contribution in [-0.4, -0.2) is 7.11 Å². The van der Waals surface area contributed by atoms with E-state index in [1.165, 1.54) is 16.7 Å². The molecule has 2 rings (SSSR count). The third-order valence-electron chi connectivity index (χ3n) is 3.37. The molecule has 1 nitrogen and oxygen atoms in total. The van der Waals surface area contributed by atoms with Gasteiger partial charge in [0.15, 0.2) is 0 Å². The van der Waals surface area contributed by atoms with Crippen molar-refractivity contribution in [1.82, 2.24) is 0 Å². The maximum Gasteiger partial charge on any atom is 0.122 e. The number of halogens is 1. The van der Waals surface area contributed by atoms with E-state index in [2.05, 4.69) is 59.3 Å². The van der Waals surface area contributed by atoms with Crippen LogP contribution >= 0.6 is 15.9 Å². The first-order valence-corrected chi connectivity index (χ1v) is 7.51. The average molecular weight is 319 g/mol. The van der Waals surface area contributed by atoms with Crippen molar-refractivity contribution < 1.29 is 4.74 Å². The minimum atomic E-state index is 0.319. The van der Waals surface area contributed by atoms with Crippen LogP contribution in [0.4, 0.5) is 0 Å². The number of para-hydroxylation sites is 1. The summed E-state index contributed by atoms with van der Waals surface area (Å²) in [6, 6.07) is 16.8. The van der Waals surface area contributed by atoms with E-state index in [9.17, 15) is 0 Å². The Labute approximate surface area is 123 Å². The summed E-state index contributed by atoms with van der Waals surface area (Å²) < 4.78 is 5.42. The van der Waals surface area contributed by atoms with Gasteiger partial charge in [-0.05, 0) is 35.6 Å². The quantitative estimate of drug-likeness (QED) is 0.710. The molecule has 0 bridgehead atoms. The SMILES string of the molecule is CCc1ccccc1C(Br)Cc1ccccc1OC. The standard InChI is InChI=1S/C17H19BrO/c1-3-13-8-4-6-10-15(13)16(18)12-14-9-5-7-11-17(14)19-2/h4-11,16H,3,12H2,1-2H3. The van der Waals surface area contributed by atoms with Crippen molar-refractivity contribution in [2.45, 2.75) is 24.6 Å². The first kappa shape index (κ1) is 14.1. The van der Waals surface area contributed by atoms with Crippen molar-refractivity contribution >= 4 is 15.9 Å². The lowest BCUT2D eigenvalue weighted by Gasteiger charge is -2.16. The number of alkyl halides is 1. The maximum absolute atomic E-state index is 5.42. The van der Waals surface area contributed by atoms with E-state index >= 15 is 0 Å². The van der Waals surface area contributed by atoms with Crippen LogP contribution in [0, 0.1) is 0 Å². The minimum absolute atomic E-state index is 0.319. The fourth-order valence-electron chi connectivity index (χ4n) is 2.34. The molecule has 0 saturated heterocycles. The zero-order chi connectivity index (χ0) is 13.7. The summed E-state index contributed by atoms with van der Waals surface area (Å²) in [6.45, 7) is 2.20. The molecule has 0 aliphatic rings. The molecule has 19 heavy (non-hydrogen) atoms. The third kappa shape index (κ3) is 3.38. The summed E-state index contributed by atoms with van der Waals surface area (Å²) in [5, 5.41) is 0. The summed E-state index contributed by atoms with van der Waals surface area (Å²) in [4.78, 5) is 0.319. The number of aryl methyl sites for hydroxylation is 1. The molecule has 2 heteroatoms. The van der Waals surface area contributed by atoms with Crippen molar-refractivity contribution in [1.29, 1.82) is 0 Å². The second-order valence-corrected chi connectivity index (χ2v) is 5.64. The molecule has 2 aromatic carbocycles.